The molecule has 0 unspecified atom stereocenters. The summed E-state index contributed by atoms with van der Waals surface area (Å²) in [6.07, 6.45) is 0. The van der Waals surface area contributed by atoms with Crippen LogP contribution in [0.2, 0.25) is 0 Å². The Labute approximate surface area is 25.5 Å². The van der Waals surface area contributed by atoms with E-state index < -0.39 is 0 Å². The Kier molecular flexibility index (Phi) is 2.08. The van der Waals surface area contributed by atoms with E-state index in [0.29, 0.717) is 0 Å². The monoisotopic (exact) mass is 50.0 g/mol. The van der Waals surface area contributed by atoms with Crippen molar-refractivity contribution in [2.45, 2.75) is 0 Å². The number of hydrogen-bond donors (Lipinski definition) is 1. The van der Waals surface area contributed by atoms with Gasteiger partial charge in [-0.25, -0.2) is 0 Å². The van der Waals surface area contributed by atoms with E-state index >= 15 is 0 Å². The molecule has 1 nitrogen and oxygen atoms in total. The second kappa shape index (κ2) is 2.42. The van der Waals surface area contributed by atoms with Crippen molar-refractivity contribution < 1.29 is 0 Å². The molecule has 2 heteroatoms. The molecule has 17 valence electrons. The first-order chi connectivity index (χ1) is 1.91. The Morgan fingerprint density at radius 2 is 2.00 bits per heavy atom. The zero-order chi connectivity index (χ0) is 3.41. The molecule has 0 atom stereocenters. The molecule has 0 aromatic rings. The zero-order valence-corrected chi connectivity index (χ0v) is 2.08. The molecule has 0 aliphatic rings. The Hall–Kier alpha value is -0.575. The minimum atomic E-state index is 1.71. The van der Waals surface area contributed by atoms with E-state index in [1.807, 2.05) is 5.62 Å². The Balaban J connectivity index is 3.95. The van der Waals surface area contributed by atoms with Crippen LogP contribution in [0.5, 0.6) is 0 Å². The van der Waals surface area contributed by atoms with Crippen LogP contribution in [0.25, 0.3) is 0 Å². The van der Waals surface area contributed by atoms with Gasteiger partial charge in [0, 0.05) is 0 Å². The third kappa shape index (κ3) is 1.42. The molecular weight excluding hydrogens is 48.8 g/mol. The molecular formula is C2HBN. The number of nitrogens with one attached hydrogen (secondary N) is 1. The first-order valence-electron chi connectivity index (χ1n) is 0.789. The fraction of sp³-hybridized carbons (Fsp3) is 0. The zero-order valence-electron chi connectivity index (χ0n) is 2.08. The first-order valence-corrected chi connectivity index (χ1v) is 0.789. The van der Waals surface area contributed by atoms with Crippen molar-refractivity contribution in [3.63, 3.8) is 0 Å². The number of hydrogen-bond acceptors (Lipinski definition) is 1. The Morgan fingerprint density at radius 1 is 1.75 bits per heavy atom. The van der Waals surface area contributed by atoms with E-state index in [9.17, 15) is 0 Å². The maximum absolute atomic E-state index is 5.97. The van der Waals surface area contributed by atoms with Gasteiger partial charge in [0.1, 0.15) is 0 Å². The SMILES string of the molecule is [B]=C=C=N. The summed E-state index contributed by atoms with van der Waals surface area (Å²) in [7, 11) is 4.48. The van der Waals surface area contributed by atoms with Gasteiger partial charge in [-0.2, -0.15) is 0 Å². The molecule has 1 radical (unpaired) electrons. The molecule has 0 spiro atoms. The van der Waals surface area contributed by atoms with E-state index in [1.54, 1.807) is 5.87 Å². The van der Waals surface area contributed by atoms with Gasteiger partial charge in [0.05, 0.1) is 0 Å². The van der Waals surface area contributed by atoms with Crippen LogP contribution in [-0.2, 0) is 0 Å². The summed E-state index contributed by atoms with van der Waals surface area (Å²) in [5.74, 6) is 1.71. The predicted octanol–water partition coefficient (Wildman–Crippen LogP) is -0.639. The van der Waals surface area contributed by atoms with Crippen LogP contribution in [-0.4, -0.2) is 19.0 Å². The van der Waals surface area contributed by atoms with Crippen molar-refractivity contribution in [3.8, 4) is 0 Å². The van der Waals surface area contributed by atoms with Gasteiger partial charge in [-0.3, -0.25) is 0 Å². The summed E-state index contributed by atoms with van der Waals surface area (Å²) in [5, 5.41) is 5.97. The van der Waals surface area contributed by atoms with Gasteiger partial charge in [0.15, 0.2) is 0 Å². The van der Waals surface area contributed by atoms with Gasteiger partial charge < -0.3 is 0 Å². The summed E-state index contributed by atoms with van der Waals surface area (Å²) in [5.41, 5.74) is 1.85. The van der Waals surface area contributed by atoms with Crippen molar-refractivity contribution in [2.24, 2.45) is 0 Å². The summed E-state index contributed by atoms with van der Waals surface area (Å²) < 4.78 is 0. The van der Waals surface area contributed by atoms with Crippen LogP contribution >= 0.6 is 0 Å². The van der Waals surface area contributed by atoms with Crippen LogP contribution in [0.1, 0.15) is 0 Å². The van der Waals surface area contributed by atoms with Crippen LogP contribution in [0.3, 0.4) is 0 Å². The average molecular weight is 49.8 g/mol. The first kappa shape index (κ1) is 3.42. The second-order valence-electron chi connectivity index (χ2n) is 0.269. The molecule has 0 bridgehead atoms. The van der Waals surface area contributed by atoms with Crippen molar-refractivity contribution in [3.05, 3.63) is 0 Å². The number of rotatable bonds is 0. The second-order valence-corrected chi connectivity index (χ2v) is 0.269. The van der Waals surface area contributed by atoms with Gasteiger partial charge in [0.25, 0.3) is 0 Å². The van der Waals surface area contributed by atoms with E-state index in [-0.39, 0.29) is 0 Å². The molecule has 1 N–H and O–H groups in total. The topological polar surface area (TPSA) is 23.9 Å². The molecule has 0 aliphatic heterocycles. The van der Waals surface area contributed by atoms with Gasteiger partial charge in [-0.05, 0) is 0 Å². The van der Waals surface area contributed by atoms with Crippen molar-refractivity contribution in [1.29, 1.82) is 5.41 Å². The molecule has 0 aliphatic carbocycles. The van der Waals surface area contributed by atoms with E-state index in [0.717, 1.165) is 0 Å². The van der Waals surface area contributed by atoms with Gasteiger partial charge in [-0.1, -0.05) is 0 Å². The summed E-state index contributed by atoms with van der Waals surface area (Å²) in [6, 6.07) is 0. The average Bonchev–Trinajstić information content (AvgIpc) is 1.37. The Morgan fingerprint density at radius 3 is 2.00 bits per heavy atom. The molecule has 0 fully saturated rings. The van der Waals surface area contributed by atoms with E-state index in [4.69, 9.17) is 5.41 Å². The molecule has 0 aromatic carbocycles. The van der Waals surface area contributed by atoms with Crippen LogP contribution < -0.4 is 0 Å². The fourth-order valence-electron chi connectivity index (χ4n) is 0. The quantitative estimate of drug-likeness (QED) is 0.279. The molecule has 0 heterocycles. The molecule has 0 rings (SSSR count). The predicted molar refractivity (Wildman–Crippen MR) is 18.5 cm³/mol. The summed E-state index contributed by atoms with van der Waals surface area (Å²) in [6.45, 7) is 0. The third-order valence-electron chi connectivity index (χ3n) is 0.0722. The van der Waals surface area contributed by atoms with Crippen LogP contribution in [0.4, 0.5) is 0 Å². The van der Waals surface area contributed by atoms with Crippen molar-refractivity contribution >= 4 is 19.0 Å². The molecule has 0 saturated heterocycles. The van der Waals surface area contributed by atoms with Gasteiger partial charge in [-0.15, -0.1) is 0 Å². The molecule has 0 amide bonds. The van der Waals surface area contributed by atoms with E-state index in [1.165, 1.54) is 0 Å². The minimum absolute atomic E-state index is 1.71. The third-order valence-corrected chi connectivity index (χ3v) is 0.0722. The summed E-state index contributed by atoms with van der Waals surface area (Å²) >= 11 is 0. The van der Waals surface area contributed by atoms with Gasteiger partial charge in [0.2, 0.25) is 0 Å². The Bertz CT molecular complexity index is 56.1. The molecule has 0 aromatic heterocycles. The summed E-state index contributed by atoms with van der Waals surface area (Å²) in [4.78, 5) is 0. The van der Waals surface area contributed by atoms with Crippen molar-refractivity contribution in [1.82, 2.24) is 0 Å². The van der Waals surface area contributed by atoms with Gasteiger partial charge >= 0.3 is 24.4 Å². The fourth-order valence-corrected chi connectivity index (χ4v) is 0. The van der Waals surface area contributed by atoms with E-state index in [2.05, 4.69) is 7.49 Å². The molecule has 4 heavy (non-hydrogen) atoms. The maximum atomic E-state index is 5.97. The van der Waals surface area contributed by atoms with Crippen LogP contribution in [0, 0.1) is 5.41 Å². The normalized spacial score (nSPS) is 2.75. The van der Waals surface area contributed by atoms with Crippen molar-refractivity contribution in [2.75, 3.05) is 0 Å². The van der Waals surface area contributed by atoms with Crippen LogP contribution in [0.15, 0.2) is 0 Å². The molecule has 0 saturated carbocycles. The standard InChI is InChI=1S/C2HBN/c3-1-2-4/h4H.